The fourth-order valence-corrected chi connectivity index (χ4v) is 2.37. The van der Waals surface area contributed by atoms with Crippen LogP contribution in [0, 0.1) is 10.1 Å². The van der Waals surface area contributed by atoms with Gasteiger partial charge in [-0.3, -0.25) is 15.0 Å². The zero-order valence-electron chi connectivity index (χ0n) is 11.7. The molecule has 1 aliphatic rings. The summed E-state index contributed by atoms with van der Waals surface area (Å²) in [6.45, 7) is 3.74. The van der Waals surface area contributed by atoms with Crippen LogP contribution in [0.5, 0.6) is 11.5 Å². The molecule has 6 nitrogen and oxygen atoms in total. The summed E-state index contributed by atoms with van der Waals surface area (Å²) in [5.41, 5.74) is -0.0455. The van der Waals surface area contributed by atoms with Gasteiger partial charge in [-0.05, 0) is 32.0 Å². The topological polar surface area (TPSA) is 64.8 Å². The molecule has 20 heavy (non-hydrogen) atoms. The molecule has 6 heteroatoms. The normalized spacial score (nSPS) is 15.8. The minimum absolute atomic E-state index is 0.0455. The zero-order chi connectivity index (χ0) is 14.4. The Morgan fingerprint density at radius 1 is 1.30 bits per heavy atom. The number of nitro benzene ring substituents is 1. The highest BCUT2D eigenvalue weighted by molar-refractivity contribution is 5.50. The lowest BCUT2D eigenvalue weighted by molar-refractivity contribution is -0.385. The SMILES string of the molecule is COc1cc(OCCN2CCCCC2)ccc1[N+](=O)[O-]. The van der Waals surface area contributed by atoms with Crippen LogP contribution in [0.4, 0.5) is 5.69 Å². The van der Waals surface area contributed by atoms with Crippen molar-refractivity contribution in [1.82, 2.24) is 4.90 Å². The Hall–Kier alpha value is -1.82. The molecule has 1 heterocycles. The van der Waals surface area contributed by atoms with Gasteiger partial charge in [-0.15, -0.1) is 0 Å². The first-order valence-electron chi connectivity index (χ1n) is 6.88. The fourth-order valence-electron chi connectivity index (χ4n) is 2.37. The summed E-state index contributed by atoms with van der Waals surface area (Å²) in [5, 5.41) is 10.8. The van der Waals surface area contributed by atoms with E-state index in [4.69, 9.17) is 9.47 Å². The van der Waals surface area contributed by atoms with E-state index in [1.807, 2.05) is 0 Å². The maximum Gasteiger partial charge on any atom is 0.311 e. The molecule has 0 amide bonds. The van der Waals surface area contributed by atoms with Crippen molar-refractivity contribution in [3.8, 4) is 11.5 Å². The van der Waals surface area contributed by atoms with Gasteiger partial charge in [-0.2, -0.15) is 0 Å². The third-order valence-electron chi connectivity index (χ3n) is 3.47. The molecule has 0 spiro atoms. The lowest BCUT2D eigenvalue weighted by Gasteiger charge is -2.26. The Balaban J connectivity index is 1.87. The van der Waals surface area contributed by atoms with Crippen LogP contribution in [0.15, 0.2) is 18.2 Å². The van der Waals surface area contributed by atoms with E-state index in [0.717, 1.165) is 19.6 Å². The summed E-state index contributed by atoms with van der Waals surface area (Å²) in [6, 6.07) is 4.58. The average Bonchev–Trinajstić information content (AvgIpc) is 2.48. The van der Waals surface area contributed by atoms with E-state index in [2.05, 4.69) is 4.90 Å². The maximum absolute atomic E-state index is 10.8. The van der Waals surface area contributed by atoms with E-state index in [1.165, 1.54) is 32.4 Å². The molecular weight excluding hydrogens is 260 g/mol. The molecule has 0 atom stereocenters. The molecule has 1 fully saturated rings. The summed E-state index contributed by atoms with van der Waals surface area (Å²) < 4.78 is 10.7. The molecule has 0 radical (unpaired) electrons. The Morgan fingerprint density at radius 2 is 2.05 bits per heavy atom. The smallest absolute Gasteiger partial charge is 0.311 e. The molecule has 2 rings (SSSR count). The van der Waals surface area contributed by atoms with Gasteiger partial charge in [-0.25, -0.2) is 0 Å². The molecule has 110 valence electrons. The van der Waals surface area contributed by atoms with Crippen molar-refractivity contribution in [2.45, 2.75) is 19.3 Å². The number of benzene rings is 1. The van der Waals surface area contributed by atoms with Crippen LogP contribution >= 0.6 is 0 Å². The fraction of sp³-hybridized carbons (Fsp3) is 0.571. The van der Waals surface area contributed by atoms with Crippen molar-refractivity contribution < 1.29 is 14.4 Å². The van der Waals surface area contributed by atoms with Crippen LogP contribution in [0.2, 0.25) is 0 Å². The average molecular weight is 280 g/mol. The van der Waals surface area contributed by atoms with Gasteiger partial charge in [-0.1, -0.05) is 6.42 Å². The van der Waals surface area contributed by atoms with Gasteiger partial charge in [0.2, 0.25) is 5.75 Å². The van der Waals surface area contributed by atoms with Crippen LogP contribution in [0.1, 0.15) is 19.3 Å². The van der Waals surface area contributed by atoms with Gasteiger partial charge in [0.25, 0.3) is 0 Å². The summed E-state index contributed by atoms with van der Waals surface area (Å²) >= 11 is 0. The highest BCUT2D eigenvalue weighted by Gasteiger charge is 2.15. The lowest BCUT2D eigenvalue weighted by atomic mass is 10.1. The van der Waals surface area contributed by atoms with Crippen molar-refractivity contribution in [1.29, 1.82) is 0 Å². The van der Waals surface area contributed by atoms with E-state index < -0.39 is 4.92 Å². The Kier molecular flexibility index (Phi) is 5.17. The van der Waals surface area contributed by atoms with Gasteiger partial charge in [0.1, 0.15) is 12.4 Å². The van der Waals surface area contributed by atoms with Gasteiger partial charge >= 0.3 is 5.69 Å². The first-order valence-corrected chi connectivity index (χ1v) is 6.88. The van der Waals surface area contributed by atoms with E-state index in [9.17, 15) is 10.1 Å². The van der Waals surface area contributed by atoms with Gasteiger partial charge < -0.3 is 9.47 Å². The Morgan fingerprint density at radius 3 is 2.70 bits per heavy atom. The first-order chi connectivity index (χ1) is 9.70. The van der Waals surface area contributed by atoms with E-state index in [1.54, 1.807) is 12.1 Å². The van der Waals surface area contributed by atoms with E-state index in [0.29, 0.717) is 12.4 Å². The third-order valence-corrected chi connectivity index (χ3v) is 3.47. The molecule has 0 saturated carbocycles. The van der Waals surface area contributed by atoms with Gasteiger partial charge in [0, 0.05) is 18.7 Å². The second kappa shape index (κ2) is 7.09. The van der Waals surface area contributed by atoms with Crippen molar-refractivity contribution in [3.05, 3.63) is 28.3 Å². The lowest BCUT2D eigenvalue weighted by Crippen LogP contribution is -2.33. The molecule has 0 bridgehead atoms. The second-order valence-electron chi connectivity index (χ2n) is 4.84. The number of piperidine rings is 1. The number of methoxy groups -OCH3 is 1. The second-order valence-corrected chi connectivity index (χ2v) is 4.84. The van der Waals surface area contributed by atoms with Crippen LogP contribution in [0.3, 0.4) is 0 Å². The predicted molar refractivity (Wildman–Crippen MR) is 75.4 cm³/mol. The molecular formula is C14H20N2O4. The number of likely N-dealkylation sites (tertiary alicyclic amines) is 1. The van der Waals surface area contributed by atoms with Gasteiger partial charge in [0.05, 0.1) is 12.0 Å². The Labute approximate surface area is 118 Å². The number of nitro groups is 1. The standard InChI is InChI=1S/C14H20N2O4/c1-19-14-11-12(5-6-13(14)16(17)18)20-10-9-15-7-3-2-4-8-15/h5-6,11H,2-4,7-10H2,1H3. The molecule has 1 aromatic rings. The number of hydrogen-bond acceptors (Lipinski definition) is 5. The number of nitrogens with zero attached hydrogens (tertiary/aromatic N) is 2. The van der Waals surface area contributed by atoms with Crippen LogP contribution in [-0.4, -0.2) is 43.2 Å². The van der Waals surface area contributed by atoms with Crippen LogP contribution < -0.4 is 9.47 Å². The van der Waals surface area contributed by atoms with Gasteiger partial charge in [0.15, 0.2) is 0 Å². The van der Waals surface area contributed by atoms with Crippen molar-refractivity contribution >= 4 is 5.69 Å². The molecule has 1 saturated heterocycles. The molecule has 0 aromatic heterocycles. The quantitative estimate of drug-likeness (QED) is 0.591. The molecule has 0 unspecified atom stereocenters. The molecule has 1 aliphatic heterocycles. The van der Waals surface area contributed by atoms with Crippen LogP contribution in [-0.2, 0) is 0 Å². The monoisotopic (exact) mass is 280 g/mol. The zero-order valence-corrected chi connectivity index (χ0v) is 11.7. The summed E-state index contributed by atoms with van der Waals surface area (Å²) in [6.07, 6.45) is 3.83. The Bertz CT molecular complexity index is 458. The van der Waals surface area contributed by atoms with Crippen LogP contribution in [0.25, 0.3) is 0 Å². The van der Waals surface area contributed by atoms with Crippen molar-refractivity contribution in [3.63, 3.8) is 0 Å². The number of hydrogen-bond donors (Lipinski definition) is 0. The highest BCUT2D eigenvalue weighted by Crippen LogP contribution is 2.30. The summed E-state index contributed by atoms with van der Waals surface area (Å²) in [7, 11) is 1.42. The van der Waals surface area contributed by atoms with E-state index >= 15 is 0 Å². The predicted octanol–water partition coefficient (Wildman–Crippen LogP) is 2.47. The summed E-state index contributed by atoms with van der Waals surface area (Å²) in [4.78, 5) is 12.7. The maximum atomic E-state index is 10.8. The number of ether oxygens (including phenoxy) is 2. The molecule has 0 aliphatic carbocycles. The minimum Gasteiger partial charge on any atom is -0.492 e. The van der Waals surface area contributed by atoms with E-state index in [-0.39, 0.29) is 11.4 Å². The first kappa shape index (κ1) is 14.6. The number of rotatable bonds is 6. The third kappa shape index (κ3) is 3.84. The summed E-state index contributed by atoms with van der Waals surface area (Å²) in [5.74, 6) is 0.829. The van der Waals surface area contributed by atoms with Crippen molar-refractivity contribution in [2.24, 2.45) is 0 Å². The molecule has 0 N–H and O–H groups in total. The highest BCUT2D eigenvalue weighted by atomic mass is 16.6. The van der Waals surface area contributed by atoms with Crippen molar-refractivity contribution in [2.75, 3.05) is 33.4 Å². The minimum atomic E-state index is -0.462. The largest absolute Gasteiger partial charge is 0.492 e. The molecule has 1 aromatic carbocycles.